The molecule has 1 aromatic rings. The van der Waals surface area contributed by atoms with Crippen LogP contribution in [0.5, 0.6) is 0 Å². The maximum absolute atomic E-state index is 10.1. The zero-order valence-corrected chi connectivity index (χ0v) is 18.9. The van der Waals surface area contributed by atoms with E-state index in [1.165, 1.54) is 44.1 Å². The summed E-state index contributed by atoms with van der Waals surface area (Å²) in [5.74, 6) is 4.17. The first-order chi connectivity index (χ1) is 13.3. The lowest BCUT2D eigenvalue weighted by Gasteiger charge is -2.45. The van der Waals surface area contributed by atoms with Crippen LogP contribution >= 0.6 is 0 Å². The van der Waals surface area contributed by atoms with E-state index in [2.05, 4.69) is 46.8 Å². The Kier molecular flexibility index (Phi) is 5.69. The molecule has 156 valence electrons. The third-order valence-electron chi connectivity index (χ3n) is 9.35. The Morgan fingerprint density at radius 2 is 1.79 bits per heavy atom. The molecule has 1 aromatic carbocycles. The van der Waals surface area contributed by atoms with Crippen LogP contribution in [-0.2, 0) is 19.3 Å². The van der Waals surface area contributed by atoms with Crippen molar-refractivity contribution in [1.82, 2.24) is 0 Å². The molecule has 4 rings (SSSR count). The fourth-order valence-corrected chi connectivity index (χ4v) is 7.07. The fourth-order valence-electron chi connectivity index (χ4n) is 7.07. The van der Waals surface area contributed by atoms with Crippen molar-refractivity contribution in [2.45, 2.75) is 104 Å². The first-order valence-corrected chi connectivity index (χ1v) is 12.1. The highest BCUT2D eigenvalue weighted by atomic mass is 16.3. The summed E-state index contributed by atoms with van der Waals surface area (Å²) in [4.78, 5) is 0. The van der Waals surface area contributed by atoms with Gasteiger partial charge < -0.3 is 5.11 Å². The lowest BCUT2D eigenvalue weighted by molar-refractivity contribution is 0.115. The SMILES string of the molecule is CC(C)[C@@H](C)CC[C@@H](C)C1CC[C@H]2c3ccc4c(c3CC[C@]12C)CC[C@H](O)C4. The highest BCUT2D eigenvalue weighted by molar-refractivity contribution is 5.47. The molecule has 1 nitrogen and oxygen atoms in total. The van der Waals surface area contributed by atoms with Gasteiger partial charge in [0.05, 0.1) is 6.10 Å². The zero-order chi connectivity index (χ0) is 20.1. The van der Waals surface area contributed by atoms with Crippen LogP contribution in [0, 0.1) is 29.1 Å². The molecule has 3 aliphatic carbocycles. The predicted molar refractivity (Wildman–Crippen MR) is 119 cm³/mol. The van der Waals surface area contributed by atoms with Gasteiger partial charge in [-0.05, 0) is 102 Å². The van der Waals surface area contributed by atoms with Gasteiger partial charge in [0, 0.05) is 0 Å². The van der Waals surface area contributed by atoms with E-state index in [4.69, 9.17) is 0 Å². The van der Waals surface area contributed by atoms with E-state index in [9.17, 15) is 5.11 Å². The first-order valence-electron chi connectivity index (χ1n) is 12.1. The van der Waals surface area contributed by atoms with E-state index in [1.807, 2.05) is 0 Å². The zero-order valence-electron chi connectivity index (χ0n) is 18.9. The van der Waals surface area contributed by atoms with E-state index < -0.39 is 0 Å². The Balaban J connectivity index is 1.54. The van der Waals surface area contributed by atoms with E-state index in [-0.39, 0.29) is 6.10 Å². The minimum absolute atomic E-state index is 0.121. The average molecular weight is 383 g/mol. The van der Waals surface area contributed by atoms with Crippen molar-refractivity contribution >= 4 is 0 Å². The summed E-state index contributed by atoms with van der Waals surface area (Å²) in [6.07, 6.45) is 11.1. The molecule has 0 spiro atoms. The number of hydrogen-bond acceptors (Lipinski definition) is 1. The van der Waals surface area contributed by atoms with Crippen molar-refractivity contribution in [3.63, 3.8) is 0 Å². The normalized spacial score (nSPS) is 33.9. The lowest BCUT2D eigenvalue weighted by atomic mass is 9.59. The van der Waals surface area contributed by atoms with Crippen LogP contribution in [0.4, 0.5) is 0 Å². The molecule has 3 aliphatic rings. The summed E-state index contributed by atoms with van der Waals surface area (Å²) in [5.41, 5.74) is 6.93. The summed E-state index contributed by atoms with van der Waals surface area (Å²) in [7, 11) is 0. The second kappa shape index (κ2) is 7.78. The molecule has 0 heterocycles. The van der Waals surface area contributed by atoms with E-state index in [0.717, 1.165) is 48.9 Å². The monoisotopic (exact) mass is 382 g/mol. The van der Waals surface area contributed by atoms with Crippen LogP contribution in [0.2, 0.25) is 0 Å². The molecule has 28 heavy (non-hydrogen) atoms. The maximum atomic E-state index is 10.1. The number of benzene rings is 1. The maximum Gasteiger partial charge on any atom is 0.0583 e. The van der Waals surface area contributed by atoms with Gasteiger partial charge in [-0.2, -0.15) is 0 Å². The van der Waals surface area contributed by atoms with Crippen molar-refractivity contribution in [3.8, 4) is 0 Å². The fraction of sp³-hybridized carbons (Fsp3) is 0.778. The van der Waals surface area contributed by atoms with Crippen molar-refractivity contribution in [1.29, 1.82) is 0 Å². The van der Waals surface area contributed by atoms with Crippen molar-refractivity contribution < 1.29 is 5.11 Å². The summed E-state index contributed by atoms with van der Waals surface area (Å²) in [6, 6.07) is 4.82. The third kappa shape index (κ3) is 3.47. The number of fused-ring (bicyclic) bond motifs is 5. The highest BCUT2D eigenvalue weighted by Gasteiger charge is 2.51. The van der Waals surface area contributed by atoms with E-state index >= 15 is 0 Å². The molecule has 0 saturated heterocycles. The first kappa shape index (κ1) is 20.5. The number of hydrogen-bond donors (Lipinski definition) is 1. The minimum Gasteiger partial charge on any atom is -0.393 e. The standard InChI is InChI=1S/C27H42O/c1-17(2)18(3)6-7-19(4)25-12-13-26-24-10-8-20-16-21(28)9-11-22(20)23(24)14-15-27(25,26)5/h8,10,17-19,21,25-26,28H,6-7,9,11-16H2,1-5H3/t18-,19+,21-,25?,26-,27+/m0/s1. The smallest absolute Gasteiger partial charge is 0.0583 e. The number of aliphatic hydroxyl groups excluding tert-OH is 1. The van der Waals surface area contributed by atoms with Gasteiger partial charge in [-0.1, -0.05) is 59.6 Å². The molecule has 0 radical (unpaired) electrons. The topological polar surface area (TPSA) is 20.2 Å². The molecule has 6 atom stereocenters. The van der Waals surface area contributed by atoms with E-state index in [1.54, 1.807) is 16.7 Å². The van der Waals surface area contributed by atoms with Crippen LogP contribution in [0.1, 0.15) is 101 Å². The number of rotatable bonds is 5. The highest BCUT2D eigenvalue weighted by Crippen LogP contribution is 2.61. The molecule has 1 N–H and O–H groups in total. The Morgan fingerprint density at radius 1 is 1.00 bits per heavy atom. The Hall–Kier alpha value is -0.820. The van der Waals surface area contributed by atoms with Crippen LogP contribution in [0.3, 0.4) is 0 Å². The van der Waals surface area contributed by atoms with Gasteiger partial charge in [0.2, 0.25) is 0 Å². The molecule has 0 aromatic heterocycles. The van der Waals surface area contributed by atoms with Crippen LogP contribution in [0.25, 0.3) is 0 Å². The van der Waals surface area contributed by atoms with Gasteiger partial charge in [0.25, 0.3) is 0 Å². The average Bonchev–Trinajstić information content (AvgIpc) is 3.02. The van der Waals surface area contributed by atoms with Gasteiger partial charge in [0.1, 0.15) is 0 Å². The van der Waals surface area contributed by atoms with Gasteiger partial charge in [0.15, 0.2) is 0 Å². The number of aliphatic hydroxyl groups is 1. The molecule has 1 saturated carbocycles. The van der Waals surface area contributed by atoms with Gasteiger partial charge in [-0.25, -0.2) is 0 Å². The second-order valence-electron chi connectivity index (χ2n) is 11.2. The summed E-state index contributed by atoms with van der Waals surface area (Å²) < 4.78 is 0. The van der Waals surface area contributed by atoms with Gasteiger partial charge >= 0.3 is 0 Å². The Bertz CT molecular complexity index is 704. The molecule has 0 amide bonds. The summed E-state index contributed by atoms with van der Waals surface area (Å²) in [5, 5.41) is 10.1. The largest absolute Gasteiger partial charge is 0.393 e. The molecule has 0 aliphatic heterocycles. The van der Waals surface area contributed by atoms with Crippen LogP contribution in [0.15, 0.2) is 12.1 Å². The predicted octanol–water partition coefficient (Wildman–Crippen LogP) is 6.69. The van der Waals surface area contributed by atoms with Gasteiger partial charge in [-0.15, -0.1) is 0 Å². The van der Waals surface area contributed by atoms with E-state index in [0.29, 0.717) is 5.41 Å². The second-order valence-corrected chi connectivity index (χ2v) is 11.2. The Morgan fingerprint density at radius 3 is 2.54 bits per heavy atom. The molecule has 1 heteroatoms. The van der Waals surface area contributed by atoms with Crippen molar-refractivity contribution in [2.75, 3.05) is 0 Å². The van der Waals surface area contributed by atoms with Crippen LogP contribution in [-0.4, -0.2) is 11.2 Å². The minimum atomic E-state index is -0.121. The third-order valence-corrected chi connectivity index (χ3v) is 9.35. The Labute approximate surface area is 173 Å². The van der Waals surface area contributed by atoms with Crippen LogP contribution < -0.4 is 0 Å². The summed E-state index contributed by atoms with van der Waals surface area (Å²) >= 11 is 0. The molecule has 1 fully saturated rings. The molecular weight excluding hydrogens is 340 g/mol. The lowest BCUT2D eigenvalue weighted by Crippen LogP contribution is -2.36. The summed E-state index contributed by atoms with van der Waals surface area (Å²) in [6.45, 7) is 12.4. The van der Waals surface area contributed by atoms with Crippen molar-refractivity contribution in [3.05, 3.63) is 34.4 Å². The van der Waals surface area contributed by atoms with Gasteiger partial charge in [-0.3, -0.25) is 0 Å². The van der Waals surface area contributed by atoms with Crippen molar-refractivity contribution in [2.24, 2.45) is 29.1 Å². The molecular formula is C27H42O. The quantitative estimate of drug-likeness (QED) is 0.601. The molecule has 1 unspecified atom stereocenters. The molecule has 0 bridgehead atoms.